The van der Waals surface area contributed by atoms with Crippen LogP contribution < -0.4 is 0 Å². The van der Waals surface area contributed by atoms with E-state index < -0.39 is 10.2 Å². The van der Waals surface area contributed by atoms with E-state index in [1.807, 2.05) is 6.21 Å². The highest BCUT2D eigenvalue weighted by molar-refractivity contribution is 7.86. The minimum Gasteiger partial charge on any atom is -0.297 e. The molecular weight excluding hydrogens is 226 g/mol. The third-order valence-corrected chi connectivity index (χ3v) is 5.59. The Morgan fingerprint density at radius 2 is 1.94 bits per heavy atom. The molecule has 0 bridgehead atoms. The van der Waals surface area contributed by atoms with Crippen LogP contribution in [0.2, 0.25) is 0 Å². The summed E-state index contributed by atoms with van der Waals surface area (Å²) >= 11 is 0. The largest absolute Gasteiger partial charge is 0.297 e. The molecule has 0 amide bonds. The first kappa shape index (κ1) is 12.0. The van der Waals surface area contributed by atoms with Crippen molar-refractivity contribution in [2.45, 2.75) is 19.3 Å². The summed E-state index contributed by atoms with van der Waals surface area (Å²) in [6.45, 7) is 2.14. The van der Waals surface area contributed by atoms with Crippen LogP contribution >= 0.6 is 0 Å². The van der Waals surface area contributed by atoms with Gasteiger partial charge in [0, 0.05) is 33.7 Å². The molecule has 1 fully saturated rings. The lowest BCUT2D eigenvalue weighted by atomic mass is 9.78. The van der Waals surface area contributed by atoms with E-state index in [1.54, 1.807) is 18.4 Å². The molecule has 16 heavy (non-hydrogen) atoms. The number of hydrogen-bond donors (Lipinski definition) is 0. The van der Waals surface area contributed by atoms with Crippen LogP contribution in [0.25, 0.3) is 0 Å². The van der Waals surface area contributed by atoms with E-state index in [1.165, 1.54) is 4.31 Å². The quantitative estimate of drug-likeness (QED) is 0.705. The average molecular weight is 245 g/mol. The van der Waals surface area contributed by atoms with E-state index in [0.717, 1.165) is 25.8 Å². The van der Waals surface area contributed by atoms with Crippen LogP contribution in [0.4, 0.5) is 0 Å². The highest BCUT2D eigenvalue weighted by Gasteiger charge is 2.39. The van der Waals surface area contributed by atoms with Crippen molar-refractivity contribution in [1.29, 1.82) is 0 Å². The van der Waals surface area contributed by atoms with E-state index in [9.17, 15) is 8.42 Å². The molecule has 2 heterocycles. The molecular formula is C10H19N3O2S. The second-order valence-corrected chi connectivity index (χ2v) is 7.06. The number of rotatable bonds is 2. The summed E-state index contributed by atoms with van der Waals surface area (Å²) in [6.07, 6.45) is 4.86. The molecule has 6 heteroatoms. The van der Waals surface area contributed by atoms with Crippen molar-refractivity contribution in [1.82, 2.24) is 8.61 Å². The highest BCUT2D eigenvalue weighted by atomic mass is 32.2. The summed E-state index contributed by atoms with van der Waals surface area (Å²) in [5.74, 6) is 0. The molecule has 2 rings (SSSR count). The van der Waals surface area contributed by atoms with Gasteiger partial charge in [-0.05, 0) is 30.9 Å². The van der Waals surface area contributed by atoms with E-state index in [-0.39, 0.29) is 5.41 Å². The molecule has 2 aliphatic heterocycles. The van der Waals surface area contributed by atoms with Crippen LogP contribution in [0.15, 0.2) is 4.99 Å². The fourth-order valence-corrected chi connectivity index (χ4v) is 3.47. The fourth-order valence-electron chi connectivity index (χ4n) is 2.37. The van der Waals surface area contributed by atoms with E-state index in [2.05, 4.69) is 4.99 Å². The predicted molar refractivity (Wildman–Crippen MR) is 63.8 cm³/mol. The molecule has 0 aromatic heterocycles. The Kier molecular flexibility index (Phi) is 3.07. The first-order chi connectivity index (χ1) is 7.46. The van der Waals surface area contributed by atoms with Crippen LogP contribution in [0.3, 0.4) is 0 Å². The standard InChI is InChI=1S/C10H19N3O2S/c1-12(2)16(14,15)13-7-4-10(5-8-13)3-6-11-9-10/h6H,3-5,7-9H2,1-2H3. The number of nitrogens with zero attached hydrogens (tertiary/aromatic N) is 3. The van der Waals surface area contributed by atoms with Gasteiger partial charge < -0.3 is 0 Å². The molecule has 1 saturated heterocycles. The zero-order valence-corrected chi connectivity index (χ0v) is 10.7. The molecule has 0 aromatic carbocycles. The molecule has 0 saturated carbocycles. The average Bonchev–Trinajstić information content (AvgIpc) is 2.67. The topological polar surface area (TPSA) is 53.0 Å². The van der Waals surface area contributed by atoms with Gasteiger partial charge in [-0.2, -0.15) is 17.0 Å². The molecule has 92 valence electrons. The molecule has 0 unspecified atom stereocenters. The number of hydrogen-bond acceptors (Lipinski definition) is 3. The van der Waals surface area contributed by atoms with Crippen LogP contribution in [0, 0.1) is 5.41 Å². The molecule has 0 radical (unpaired) electrons. The van der Waals surface area contributed by atoms with Gasteiger partial charge in [0.1, 0.15) is 0 Å². The lowest BCUT2D eigenvalue weighted by Crippen LogP contribution is -2.47. The SMILES string of the molecule is CN(C)S(=O)(=O)N1CCC2(CC=NC2)CC1. The summed E-state index contributed by atoms with van der Waals surface area (Å²) in [4.78, 5) is 4.28. The zero-order chi connectivity index (χ0) is 11.8. The Balaban J connectivity index is 2.00. The second kappa shape index (κ2) is 4.09. The summed E-state index contributed by atoms with van der Waals surface area (Å²) < 4.78 is 26.7. The minimum absolute atomic E-state index is 0.262. The maximum absolute atomic E-state index is 11.9. The van der Waals surface area contributed by atoms with Crippen LogP contribution in [-0.4, -0.2) is 57.0 Å². The van der Waals surface area contributed by atoms with Crippen molar-refractivity contribution in [3.8, 4) is 0 Å². The maximum Gasteiger partial charge on any atom is 0.281 e. The van der Waals surface area contributed by atoms with Crippen molar-refractivity contribution in [2.24, 2.45) is 10.4 Å². The van der Waals surface area contributed by atoms with Crippen LogP contribution in [0.1, 0.15) is 19.3 Å². The Morgan fingerprint density at radius 1 is 1.31 bits per heavy atom. The minimum atomic E-state index is -3.22. The first-order valence-electron chi connectivity index (χ1n) is 5.62. The van der Waals surface area contributed by atoms with Gasteiger partial charge in [-0.1, -0.05) is 0 Å². The normalized spacial score (nSPS) is 25.7. The lowest BCUT2D eigenvalue weighted by Gasteiger charge is -2.38. The van der Waals surface area contributed by atoms with Gasteiger partial charge in [0.25, 0.3) is 10.2 Å². The van der Waals surface area contributed by atoms with Gasteiger partial charge in [0.15, 0.2) is 0 Å². The monoisotopic (exact) mass is 245 g/mol. The smallest absolute Gasteiger partial charge is 0.281 e. The molecule has 2 aliphatic rings. The third kappa shape index (κ3) is 2.01. The van der Waals surface area contributed by atoms with Gasteiger partial charge >= 0.3 is 0 Å². The van der Waals surface area contributed by atoms with Gasteiger partial charge in [-0.3, -0.25) is 4.99 Å². The molecule has 0 N–H and O–H groups in total. The van der Waals surface area contributed by atoms with E-state index >= 15 is 0 Å². The zero-order valence-electron chi connectivity index (χ0n) is 9.89. The Bertz CT molecular complexity index is 371. The number of aliphatic imine (C=N–C) groups is 1. The summed E-state index contributed by atoms with van der Waals surface area (Å²) in [5.41, 5.74) is 0.262. The van der Waals surface area contributed by atoms with Gasteiger partial charge in [-0.25, -0.2) is 0 Å². The second-order valence-electron chi connectivity index (χ2n) is 4.92. The van der Waals surface area contributed by atoms with Crippen molar-refractivity contribution in [3.63, 3.8) is 0 Å². The van der Waals surface area contributed by atoms with Crippen molar-refractivity contribution < 1.29 is 8.42 Å². The Labute approximate surface area is 97.3 Å². The van der Waals surface area contributed by atoms with Crippen LogP contribution in [0.5, 0.6) is 0 Å². The number of piperidine rings is 1. The lowest BCUT2D eigenvalue weighted by molar-refractivity contribution is 0.175. The Hall–Kier alpha value is -0.460. The Morgan fingerprint density at radius 3 is 2.38 bits per heavy atom. The molecule has 5 nitrogen and oxygen atoms in total. The van der Waals surface area contributed by atoms with Gasteiger partial charge in [0.05, 0.1) is 0 Å². The predicted octanol–water partition coefficient (Wildman–Crippen LogP) is 0.350. The van der Waals surface area contributed by atoms with E-state index in [4.69, 9.17) is 0 Å². The molecule has 0 aromatic rings. The van der Waals surface area contributed by atoms with E-state index in [0.29, 0.717) is 13.1 Å². The summed E-state index contributed by atoms with van der Waals surface area (Å²) in [6, 6.07) is 0. The third-order valence-electron chi connectivity index (χ3n) is 3.65. The summed E-state index contributed by atoms with van der Waals surface area (Å²) in [7, 11) is -0.0569. The maximum atomic E-state index is 11.9. The van der Waals surface area contributed by atoms with Crippen molar-refractivity contribution in [3.05, 3.63) is 0 Å². The van der Waals surface area contributed by atoms with Crippen LogP contribution in [-0.2, 0) is 10.2 Å². The van der Waals surface area contributed by atoms with Gasteiger partial charge in [-0.15, -0.1) is 0 Å². The van der Waals surface area contributed by atoms with Crippen molar-refractivity contribution >= 4 is 16.4 Å². The van der Waals surface area contributed by atoms with Gasteiger partial charge in [0.2, 0.25) is 0 Å². The fraction of sp³-hybridized carbons (Fsp3) is 0.900. The molecule has 0 aliphatic carbocycles. The highest BCUT2D eigenvalue weighted by Crippen LogP contribution is 2.38. The molecule has 1 spiro atoms. The first-order valence-corrected chi connectivity index (χ1v) is 7.02. The molecule has 0 atom stereocenters. The summed E-state index contributed by atoms with van der Waals surface area (Å²) in [5, 5.41) is 0. The van der Waals surface area contributed by atoms with Crippen molar-refractivity contribution in [2.75, 3.05) is 33.7 Å².